The second-order valence-corrected chi connectivity index (χ2v) is 4.10. The quantitative estimate of drug-likeness (QED) is 0.657. The number of hydrogen-bond acceptors (Lipinski definition) is 3. The summed E-state index contributed by atoms with van der Waals surface area (Å²) in [6.07, 6.45) is 3.21. The Labute approximate surface area is 93.1 Å². The molecule has 88 valence electrons. The van der Waals surface area contributed by atoms with E-state index in [1.165, 1.54) is 13.8 Å². The maximum absolute atomic E-state index is 11.7. The van der Waals surface area contributed by atoms with Crippen LogP contribution in [-0.2, 0) is 9.59 Å². The maximum Gasteiger partial charge on any atom is 0.318 e. The number of imidazole rings is 1. The number of nitrogens with one attached hydrogen (secondary N) is 2. The molecule has 0 aliphatic heterocycles. The molecule has 0 saturated carbocycles. The summed E-state index contributed by atoms with van der Waals surface area (Å²) < 4.78 is 0. The fourth-order valence-electron chi connectivity index (χ4n) is 1.06. The third kappa shape index (κ3) is 2.39. The minimum atomic E-state index is -1.44. The highest BCUT2D eigenvalue weighted by Crippen LogP contribution is 2.17. The predicted octanol–water partition coefficient (Wildman–Crippen LogP) is 0.698. The molecule has 0 spiro atoms. The molecule has 0 aliphatic carbocycles. The third-order valence-corrected chi connectivity index (χ3v) is 2.38. The molecule has 0 aliphatic rings. The lowest BCUT2D eigenvalue weighted by molar-refractivity contribution is -0.153. The van der Waals surface area contributed by atoms with Gasteiger partial charge in [-0.15, -0.1) is 0 Å². The number of carbonyl (C=O) groups excluding carboxylic acids is 1. The molecular weight excluding hydrogens is 210 g/mol. The van der Waals surface area contributed by atoms with Crippen LogP contribution in [0.4, 0.5) is 0 Å². The number of carboxylic acids is 1. The van der Waals surface area contributed by atoms with Crippen LogP contribution in [0.25, 0.3) is 0 Å². The zero-order chi connectivity index (χ0) is 12.3. The first kappa shape index (κ1) is 12.2. The van der Waals surface area contributed by atoms with Gasteiger partial charge in [-0.2, -0.15) is 0 Å². The van der Waals surface area contributed by atoms with Crippen LogP contribution in [0.1, 0.15) is 32.6 Å². The number of carbonyl (C=O) groups is 2. The Morgan fingerprint density at radius 3 is 2.62 bits per heavy atom. The van der Waals surface area contributed by atoms with Crippen LogP contribution in [0.15, 0.2) is 12.4 Å². The highest BCUT2D eigenvalue weighted by atomic mass is 16.4. The number of aromatic amines is 1. The molecule has 0 radical (unpaired) electrons. The lowest BCUT2D eigenvalue weighted by atomic mass is 9.92. The van der Waals surface area contributed by atoms with Crippen LogP contribution in [-0.4, -0.2) is 27.0 Å². The van der Waals surface area contributed by atoms with Crippen molar-refractivity contribution in [3.8, 4) is 0 Å². The SMILES string of the molecule is CC(NC(=O)C(C)(C)C(=O)O)c1ncc[nH]1. The van der Waals surface area contributed by atoms with Crippen LogP contribution in [0.3, 0.4) is 0 Å². The molecule has 1 amide bonds. The minimum Gasteiger partial charge on any atom is -0.480 e. The molecule has 1 rings (SSSR count). The largest absolute Gasteiger partial charge is 0.480 e. The monoisotopic (exact) mass is 225 g/mol. The first-order valence-corrected chi connectivity index (χ1v) is 4.89. The fourth-order valence-corrected chi connectivity index (χ4v) is 1.06. The normalized spacial score (nSPS) is 13.2. The highest BCUT2D eigenvalue weighted by Gasteiger charge is 2.36. The number of aliphatic carboxylic acids is 1. The van der Waals surface area contributed by atoms with E-state index in [1.54, 1.807) is 19.3 Å². The summed E-state index contributed by atoms with van der Waals surface area (Å²) in [6.45, 7) is 4.45. The van der Waals surface area contributed by atoms with Gasteiger partial charge < -0.3 is 15.4 Å². The number of hydrogen-bond donors (Lipinski definition) is 3. The van der Waals surface area contributed by atoms with Crippen LogP contribution in [0.2, 0.25) is 0 Å². The van der Waals surface area contributed by atoms with E-state index in [1.807, 2.05) is 0 Å². The van der Waals surface area contributed by atoms with Crippen LogP contribution < -0.4 is 5.32 Å². The summed E-state index contributed by atoms with van der Waals surface area (Å²) in [6, 6.07) is -0.346. The van der Waals surface area contributed by atoms with E-state index in [9.17, 15) is 9.59 Å². The van der Waals surface area contributed by atoms with Gasteiger partial charge >= 0.3 is 5.97 Å². The number of amides is 1. The Balaban J connectivity index is 2.69. The molecule has 1 unspecified atom stereocenters. The van der Waals surface area contributed by atoms with Crippen molar-refractivity contribution in [2.24, 2.45) is 5.41 Å². The molecule has 0 bridgehead atoms. The second-order valence-electron chi connectivity index (χ2n) is 4.10. The van der Waals surface area contributed by atoms with Crippen molar-refractivity contribution in [1.82, 2.24) is 15.3 Å². The lowest BCUT2D eigenvalue weighted by Gasteiger charge is -2.21. The summed E-state index contributed by atoms with van der Waals surface area (Å²) in [7, 11) is 0. The van der Waals surface area contributed by atoms with E-state index in [2.05, 4.69) is 15.3 Å². The summed E-state index contributed by atoms with van der Waals surface area (Å²) in [5.74, 6) is -1.10. The van der Waals surface area contributed by atoms with Gasteiger partial charge in [0, 0.05) is 12.4 Å². The van der Waals surface area contributed by atoms with Gasteiger partial charge in [0.1, 0.15) is 11.2 Å². The number of aromatic nitrogens is 2. The van der Waals surface area contributed by atoms with Crippen molar-refractivity contribution in [2.45, 2.75) is 26.8 Å². The van der Waals surface area contributed by atoms with E-state index in [0.717, 1.165) is 0 Å². The Morgan fingerprint density at radius 1 is 1.56 bits per heavy atom. The Hall–Kier alpha value is -1.85. The number of carboxylic acid groups (broad SMARTS) is 1. The smallest absolute Gasteiger partial charge is 0.318 e. The Morgan fingerprint density at radius 2 is 2.19 bits per heavy atom. The molecule has 1 atom stereocenters. The van der Waals surface area contributed by atoms with Crippen LogP contribution >= 0.6 is 0 Å². The third-order valence-electron chi connectivity index (χ3n) is 2.38. The van der Waals surface area contributed by atoms with Gasteiger partial charge in [-0.3, -0.25) is 9.59 Å². The van der Waals surface area contributed by atoms with Gasteiger partial charge in [-0.05, 0) is 20.8 Å². The zero-order valence-electron chi connectivity index (χ0n) is 9.44. The van der Waals surface area contributed by atoms with Gasteiger partial charge in [0.15, 0.2) is 0 Å². The summed E-state index contributed by atoms with van der Waals surface area (Å²) in [5.41, 5.74) is -1.44. The van der Waals surface area contributed by atoms with Crippen molar-refractivity contribution in [3.63, 3.8) is 0 Å². The highest BCUT2D eigenvalue weighted by molar-refractivity contribution is 6.01. The second kappa shape index (κ2) is 4.34. The lowest BCUT2D eigenvalue weighted by Crippen LogP contribution is -2.43. The van der Waals surface area contributed by atoms with Gasteiger partial charge in [-0.1, -0.05) is 0 Å². The van der Waals surface area contributed by atoms with E-state index in [-0.39, 0.29) is 6.04 Å². The zero-order valence-corrected chi connectivity index (χ0v) is 9.44. The number of rotatable bonds is 4. The first-order chi connectivity index (χ1) is 7.35. The van der Waals surface area contributed by atoms with Gasteiger partial charge in [-0.25, -0.2) is 4.98 Å². The van der Waals surface area contributed by atoms with Crippen LogP contribution in [0, 0.1) is 5.41 Å². The molecule has 1 aromatic rings. The molecule has 0 aromatic carbocycles. The average Bonchev–Trinajstić information content (AvgIpc) is 2.69. The summed E-state index contributed by atoms with van der Waals surface area (Å²) >= 11 is 0. The fraction of sp³-hybridized carbons (Fsp3) is 0.500. The Bertz CT molecular complexity index is 384. The summed E-state index contributed by atoms with van der Waals surface area (Å²) in [5, 5.41) is 11.5. The molecule has 1 heterocycles. The van der Waals surface area contributed by atoms with Crippen molar-refractivity contribution in [1.29, 1.82) is 0 Å². The molecule has 6 heteroatoms. The van der Waals surface area contributed by atoms with Gasteiger partial charge in [0.25, 0.3) is 0 Å². The van der Waals surface area contributed by atoms with Crippen molar-refractivity contribution in [3.05, 3.63) is 18.2 Å². The van der Waals surface area contributed by atoms with Gasteiger partial charge in [0.05, 0.1) is 6.04 Å². The van der Waals surface area contributed by atoms with E-state index >= 15 is 0 Å². The van der Waals surface area contributed by atoms with Crippen molar-refractivity contribution < 1.29 is 14.7 Å². The molecule has 6 nitrogen and oxygen atoms in total. The number of nitrogens with zero attached hydrogens (tertiary/aromatic N) is 1. The maximum atomic E-state index is 11.7. The topological polar surface area (TPSA) is 95.1 Å². The molecular formula is C10H15N3O3. The molecule has 1 aromatic heterocycles. The van der Waals surface area contributed by atoms with Crippen LogP contribution in [0.5, 0.6) is 0 Å². The van der Waals surface area contributed by atoms with E-state index < -0.39 is 17.3 Å². The molecule has 16 heavy (non-hydrogen) atoms. The average molecular weight is 225 g/mol. The first-order valence-electron chi connectivity index (χ1n) is 4.89. The molecule has 3 N–H and O–H groups in total. The molecule has 0 saturated heterocycles. The predicted molar refractivity (Wildman–Crippen MR) is 56.6 cm³/mol. The van der Waals surface area contributed by atoms with Crippen molar-refractivity contribution >= 4 is 11.9 Å². The van der Waals surface area contributed by atoms with E-state index in [0.29, 0.717) is 5.82 Å². The van der Waals surface area contributed by atoms with E-state index in [4.69, 9.17) is 5.11 Å². The Kier molecular flexibility index (Phi) is 3.31. The number of H-pyrrole nitrogens is 1. The van der Waals surface area contributed by atoms with Crippen molar-refractivity contribution in [2.75, 3.05) is 0 Å². The molecule has 0 fully saturated rings. The summed E-state index contributed by atoms with van der Waals surface area (Å²) in [4.78, 5) is 29.4. The minimum absolute atomic E-state index is 0.346. The van der Waals surface area contributed by atoms with Gasteiger partial charge in [0.2, 0.25) is 5.91 Å². The standard InChI is InChI=1S/C10H15N3O3/c1-6(7-11-4-5-12-7)13-8(14)10(2,3)9(15)16/h4-6H,1-3H3,(H,11,12)(H,13,14)(H,15,16).